The van der Waals surface area contributed by atoms with Crippen LogP contribution >= 0.6 is 0 Å². The van der Waals surface area contributed by atoms with Gasteiger partial charge in [0.15, 0.2) is 0 Å². The summed E-state index contributed by atoms with van der Waals surface area (Å²) in [6, 6.07) is 6.55. The van der Waals surface area contributed by atoms with Crippen LogP contribution in [0.5, 0.6) is 5.75 Å². The zero-order chi connectivity index (χ0) is 14.7. The smallest absolute Gasteiger partial charge is 0.339 e. The molecule has 0 amide bonds. The number of aromatic hydroxyl groups is 1. The highest BCUT2D eigenvalue weighted by Crippen LogP contribution is 2.23. The summed E-state index contributed by atoms with van der Waals surface area (Å²) in [5.74, 6) is -1.44. The van der Waals surface area contributed by atoms with E-state index in [1.165, 1.54) is 12.1 Å². The van der Waals surface area contributed by atoms with Crippen molar-refractivity contribution in [1.29, 1.82) is 0 Å². The number of hydrogen-bond acceptors (Lipinski definition) is 3. The van der Waals surface area contributed by atoms with Crippen LogP contribution in [-0.2, 0) is 0 Å². The number of carboxylic acids is 1. The van der Waals surface area contributed by atoms with E-state index in [4.69, 9.17) is 5.11 Å². The van der Waals surface area contributed by atoms with E-state index in [0.29, 0.717) is 11.7 Å². The molecule has 20 heavy (non-hydrogen) atoms. The van der Waals surface area contributed by atoms with Gasteiger partial charge in [0.1, 0.15) is 11.3 Å². The summed E-state index contributed by atoms with van der Waals surface area (Å²) in [6.45, 7) is 4.17. The molecule has 0 saturated carbocycles. The Morgan fingerprint density at radius 2 is 2.10 bits per heavy atom. The highest BCUT2D eigenvalue weighted by atomic mass is 16.4. The fraction of sp³-hybridized carbons (Fsp3) is 0.200. The third-order valence-electron chi connectivity index (χ3n) is 2.91. The molecule has 2 aromatic rings. The fourth-order valence-corrected chi connectivity index (χ4v) is 1.75. The number of benzene rings is 1. The first-order valence-corrected chi connectivity index (χ1v) is 6.25. The number of rotatable bonds is 4. The van der Waals surface area contributed by atoms with Crippen molar-refractivity contribution in [2.45, 2.75) is 19.9 Å². The van der Waals surface area contributed by atoms with E-state index in [9.17, 15) is 9.90 Å². The molecule has 0 radical (unpaired) electrons. The molecule has 2 rings (SSSR count). The minimum absolute atomic E-state index is 0.153. The summed E-state index contributed by atoms with van der Waals surface area (Å²) in [7, 11) is 0. The molecule has 1 aromatic carbocycles. The van der Waals surface area contributed by atoms with Crippen molar-refractivity contribution in [3.63, 3.8) is 0 Å². The Morgan fingerprint density at radius 3 is 2.70 bits per heavy atom. The second kappa shape index (κ2) is 5.61. The molecule has 2 N–H and O–H groups in total. The zero-order valence-corrected chi connectivity index (χ0v) is 11.3. The van der Waals surface area contributed by atoms with E-state index < -0.39 is 5.97 Å². The molecular formula is C15H16N2O3. The molecule has 104 valence electrons. The van der Waals surface area contributed by atoms with Crippen LogP contribution < -0.4 is 0 Å². The lowest BCUT2D eigenvalue weighted by atomic mass is 10.2. The highest BCUT2D eigenvalue weighted by molar-refractivity contribution is 5.92. The van der Waals surface area contributed by atoms with Crippen molar-refractivity contribution in [3.05, 3.63) is 47.8 Å². The summed E-state index contributed by atoms with van der Waals surface area (Å²) >= 11 is 0. The van der Waals surface area contributed by atoms with Crippen molar-refractivity contribution >= 4 is 17.9 Å². The molecule has 5 heteroatoms. The standard InChI is InChI=1S/C15H16N2O3/c1-10(2)17-6-5-11(9-17)8-16-12-3-4-14(18)13(7-12)15(19)20/h3-10,18H,1-2H3,(H,19,20). The molecule has 0 bridgehead atoms. The second-order valence-corrected chi connectivity index (χ2v) is 4.75. The van der Waals surface area contributed by atoms with Crippen LogP contribution in [0.2, 0.25) is 0 Å². The van der Waals surface area contributed by atoms with Crippen LogP contribution in [0.1, 0.15) is 35.8 Å². The summed E-state index contributed by atoms with van der Waals surface area (Å²) in [6.07, 6.45) is 5.59. The van der Waals surface area contributed by atoms with Crippen molar-refractivity contribution in [2.24, 2.45) is 4.99 Å². The molecule has 1 aromatic heterocycles. The number of aliphatic imine (C=N–C) groups is 1. The number of aromatic carboxylic acids is 1. The van der Waals surface area contributed by atoms with E-state index in [1.807, 2.05) is 18.5 Å². The average Bonchev–Trinajstić information content (AvgIpc) is 2.86. The first kappa shape index (κ1) is 13.9. The van der Waals surface area contributed by atoms with Crippen molar-refractivity contribution in [1.82, 2.24) is 4.57 Å². The largest absolute Gasteiger partial charge is 0.507 e. The molecule has 0 aliphatic heterocycles. The number of carbonyl (C=O) groups is 1. The molecule has 5 nitrogen and oxygen atoms in total. The van der Waals surface area contributed by atoms with Crippen LogP contribution in [0.4, 0.5) is 5.69 Å². The van der Waals surface area contributed by atoms with Gasteiger partial charge < -0.3 is 14.8 Å². The fourth-order valence-electron chi connectivity index (χ4n) is 1.75. The minimum atomic E-state index is -1.18. The third kappa shape index (κ3) is 3.06. The summed E-state index contributed by atoms with van der Waals surface area (Å²) < 4.78 is 2.06. The Bertz CT molecular complexity index is 657. The quantitative estimate of drug-likeness (QED) is 0.839. The first-order chi connectivity index (χ1) is 9.47. The van der Waals surface area contributed by atoms with Crippen LogP contribution in [0.15, 0.2) is 41.7 Å². The Hall–Kier alpha value is -2.56. The van der Waals surface area contributed by atoms with Gasteiger partial charge >= 0.3 is 5.97 Å². The van der Waals surface area contributed by atoms with E-state index in [2.05, 4.69) is 23.4 Å². The summed E-state index contributed by atoms with van der Waals surface area (Å²) in [5, 5.41) is 18.3. The minimum Gasteiger partial charge on any atom is -0.507 e. The number of aromatic nitrogens is 1. The van der Waals surface area contributed by atoms with Gasteiger partial charge in [-0.1, -0.05) is 0 Å². The Balaban J connectivity index is 2.22. The molecule has 0 aliphatic carbocycles. The Labute approximate surface area is 116 Å². The normalized spacial score (nSPS) is 11.3. The summed E-state index contributed by atoms with van der Waals surface area (Å²) in [5.41, 5.74) is 1.26. The van der Waals surface area contributed by atoms with E-state index in [0.717, 1.165) is 5.56 Å². The van der Waals surface area contributed by atoms with Crippen LogP contribution in [0.25, 0.3) is 0 Å². The molecule has 0 fully saturated rings. The zero-order valence-electron chi connectivity index (χ0n) is 11.3. The number of phenols is 1. The summed E-state index contributed by atoms with van der Waals surface area (Å²) in [4.78, 5) is 15.1. The maximum Gasteiger partial charge on any atom is 0.339 e. The van der Waals surface area contributed by atoms with Crippen LogP contribution in [0.3, 0.4) is 0 Å². The van der Waals surface area contributed by atoms with Gasteiger partial charge in [-0.15, -0.1) is 0 Å². The predicted molar refractivity (Wildman–Crippen MR) is 77.1 cm³/mol. The number of carboxylic acid groups (broad SMARTS) is 1. The van der Waals surface area contributed by atoms with Gasteiger partial charge in [0.25, 0.3) is 0 Å². The lowest BCUT2D eigenvalue weighted by Gasteiger charge is -2.04. The maximum absolute atomic E-state index is 10.9. The van der Waals surface area contributed by atoms with E-state index in [-0.39, 0.29) is 11.3 Å². The van der Waals surface area contributed by atoms with Crippen molar-refractivity contribution in [2.75, 3.05) is 0 Å². The third-order valence-corrected chi connectivity index (χ3v) is 2.91. The van der Waals surface area contributed by atoms with Crippen LogP contribution in [-0.4, -0.2) is 27.0 Å². The molecule has 0 atom stereocenters. The predicted octanol–water partition coefficient (Wildman–Crippen LogP) is 3.22. The van der Waals surface area contributed by atoms with Gasteiger partial charge in [0.2, 0.25) is 0 Å². The van der Waals surface area contributed by atoms with Gasteiger partial charge in [0, 0.05) is 30.2 Å². The van der Waals surface area contributed by atoms with Gasteiger partial charge in [-0.25, -0.2) is 4.79 Å². The monoisotopic (exact) mass is 272 g/mol. The maximum atomic E-state index is 10.9. The number of hydrogen-bond donors (Lipinski definition) is 2. The second-order valence-electron chi connectivity index (χ2n) is 4.75. The molecule has 0 aliphatic rings. The number of nitrogens with zero attached hydrogens (tertiary/aromatic N) is 2. The van der Waals surface area contributed by atoms with Gasteiger partial charge in [0.05, 0.1) is 5.69 Å². The average molecular weight is 272 g/mol. The van der Waals surface area contributed by atoms with Crippen LogP contribution in [0, 0.1) is 0 Å². The topological polar surface area (TPSA) is 74.8 Å². The molecule has 0 spiro atoms. The Morgan fingerprint density at radius 1 is 1.35 bits per heavy atom. The lowest BCUT2D eigenvalue weighted by Crippen LogP contribution is -1.96. The van der Waals surface area contributed by atoms with Gasteiger partial charge in [-0.2, -0.15) is 0 Å². The van der Waals surface area contributed by atoms with E-state index in [1.54, 1.807) is 12.3 Å². The Kier molecular flexibility index (Phi) is 3.89. The highest BCUT2D eigenvalue weighted by Gasteiger charge is 2.09. The van der Waals surface area contributed by atoms with Gasteiger partial charge in [-0.05, 0) is 38.1 Å². The lowest BCUT2D eigenvalue weighted by molar-refractivity contribution is 0.0694. The van der Waals surface area contributed by atoms with Gasteiger partial charge in [-0.3, -0.25) is 4.99 Å². The molecule has 0 saturated heterocycles. The van der Waals surface area contributed by atoms with Crippen molar-refractivity contribution < 1.29 is 15.0 Å². The molecular weight excluding hydrogens is 256 g/mol. The van der Waals surface area contributed by atoms with Crippen molar-refractivity contribution in [3.8, 4) is 5.75 Å². The first-order valence-electron chi connectivity index (χ1n) is 6.25. The SMILES string of the molecule is CC(C)n1ccc(C=Nc2ccc(O)c(C(=O)O)c2)c1. The van der Waals surface area contributed by atoms with E-state index >= 15 is 0 Å². The molecule has 0 unspecified atom stereocenters. The molecule has 1 heterocycles.